The molecule has 2 N–H and O–H groups in total. The molecule has 1 atom stereocenters. The van der Waals surface area contributed by atoms with Crippen molar-refractivity contribution in [3.05, 3.63) is 66.8 Å². The van der Waals surface area contributed by atoms with Gasteiger partial charge >= 0.3 is 0 Å². The molecule has 0 spiro atoms. The second-order valence-corrected chi connectivity index (χ2v) is 5.31. The minimum Gasteiger partial charge on any atom is -0.466 e. The van der Waals surface area contributed by atoms with Gasteiger partial charge in [-0.1, -0.05) is 0 Å². The Bertz CT molecular complexity index is 762. The molecule has 0 bridgehead atoms. The lowest BCUT2D eigenvalue weighted by Gasteiger charge is -2.21. The van der Waals surface area contributed by atoms with E-state index in [1.807, 2.05) is 0 Å². The van der Waals surface area contributed by atoms with Crippen LogP contribution in [-0.4, -0.2) is 32.1 Å². The molecule has 7 heteroatoms. The summed E-state index contributed by atoms with van der Waals surface area (Å²) < 4.78 is 6.91. The largest absolute Gasteiger partial charge is 0.466 e. The van der Waals surface area contributed by atoms with Crippen LogP contribution in [0, 0.1) is 0 Å². The number of furan rings is 1. The van der Waals surface area contributed by atoms with Crippen LogP contribution in [0.1, 0.15) is 23.0 Å². The van der Waals surface area contributed by atoms with Crippen molar-refractivity contribution in [2.24, 2.45) is 0 Å². The van der Waals surface area contributed by atoms with Crippen molar-refractivity contribution in [3.63, 3.8) is 0 Å². The highest BCUT2D eigenvalue weighted by Crippen LogP contribution is 2.19. The molecule has 0 aliphatic heterocycles. The Balaban J connectivity index is 1.64. The van der Waals surface area contributed by atoms with Gasteiger partial charge in [0.15, 0.2) is 0 Å². The minimum absolute atomic E-state index is 0.0304. The lowest BCUT2D eigenvalue weighted by atomic mass is 10.0. The zero-order chi connectivity index (χ0) is 16.3. The molecule has 3 rings (SSSR count). The summed E-state index contributed by atoms with van der Waals surface area (Å²) in [6, 6.07) is 6.73. The smallest absolute Gasteiger partial charge is 0.252 e. The van der Waals surface area contributed by atoms with E-state index < -0.39 is 5.60 Å². The number of carbonyl (C=O) groups is 1. The van der Waals surface area contributed by atoms with E-state index >= 15 is 0 Å². The number of aromatic nitrogens is 3. The standard InChI is InChI=1S/C16H16N4O3/c1-16(22,13-3-2-8-23-13)10-19-15(21)12-4-5-14(18-9-12)20-7-6-17-11-20/h2-9,11,22H,10H2,1H3,(H,19,21). The first-order valence-corrected chi connectivity index (χ1v) is 7.05. The summed E-state index contributed by atoms with van der Waals surface area (Å²) in [4.78, 5) is 20.3. The van der Waals surface area contributed by atoms with Crippen LogP contribution < -0.4 is 5.32 Å². The highest BCUT2D eigenvalue weighted by Gasteiger charge is 2.27. The Labute approximate surface area is 132 Å². The van der Waals surface area contributed by atoms with Gasteiger partial charge < -0.3 is 14.8 Å². The van der Waals surface area contributed by atoms with E-state index in [9.17, 15) is 9.90 Å². The van der Waals surface area contributed by atoms with Crippen molar-refractivity contribution in [3.8, 4) is 5.82 Å². The molecule has 0 aliphatic carbocycles. The average Bonchev–Trinajstić information content (AvgIpc) is 3.26. The normalized spacial score (nSPS) is 13.5. The SMILES string of the molecule is CC(O)(CNC(=O)c1ccc(-n2ccnc2)nc1)c1ccco1. The van der Waals surface area contributed by atoms with Crippen molar-refractivity contribution >= 4 is 5.91 Å². The number of nitrogens with zero attached hydrogens (tertiary/aromatic N) is 3. The fourth-order valence-corrected chi connectivity index (χ4v) is 2.09. The van der Waals surface area contributed by atoms with E-state index in [0.29, 0.717) is 17.1 Å². The number of hydrogen-bond acceptors (Lipinski definition) is 5. The van der Waals surface area contributed by atoms with Crippen molar-refractivity contribution in [1.82, 2.24) is 19.9 Å². The highest BCUT2D eigenvalue weighted by molar-refractivity contribution is 5.94. The van der Waals surface area contributed by atoms with Crippen LogP contribution in [0.5, 0.6) is 0 Å². The number of nitrogens with one attached hydrogen (secondary N) is 1. The van der Waals surface area contributed by atoms with E-state index in [1.165, 1.54) is 12.5 Å². The van der Waals surface area contributed by atoms with Crippen LogP contribution in [0.2, 0.25) is 0 Å². The molecule has 0 radical (unpaired) electrons. The zero-order valence-electron chi connectivity index (χ0n) is 12.5. The van der Waals surface area contributed by atoms with E-state index in [0.717, 1.165) is 0 Å². The number of imidazole rings is 1. The fraction of sp³-hybridized carbons (Fsp3) is 0.188. The Morgan fingerprint density at radius 2 is 2.30 bits per heavy atom. The molecule has 3 aromatic heterocycles. The predicted octanol–water partition coefficient (Wildman–Crippen LogP) is 1.50. The van der Waals surface area contributed by atoms with Crippen molar-refractivity contribution in [2.45, 2.75) is 12.5 Å². The Morgan fingerprint density at radius 3 is 2.91 bits per heavy atom. The van der Waals surface area contributed by atoms with Gasteiger partial charge in [-0.15, -0.1) is 0 Å². The third kappa shape index (κ3) is 3.29. The quantitative estimate of drug-likeness (QED) is 0.744. The number of pyridine rings is 1. The molecule has 3 heterocycles. The maximum Gasteiger partial charge on any atom is 0.252 e. The summed E-state index contributed by atoms with van der Waals surface area (Å²) in [5.74, 6) is 0.745. The van der Waals surface area contributed by atoms with Gasteiger partial charge in [0, 0.05) is 18.6 Å². The molecule has 1 unspecified atom stereocenters. The predicted molar refractivity (Wildman–Crippen MR) is 82.0 cm³/mol. The van der Waals surface area contributed by atoms with Gasteiger partial charge in [-0.3, -0.25) is 9.36 Å². The number of aliphatic hydroxyl groups is 1. The molecule has 3 aromatic rings. The van der Waals surface area contributed by atoms with Gasteiger partial charge in [-0.05, 0) is 31.2 Å². The lowest BCUT2D eigenvalue weighted by Crippen LogP contribution is -2.38. The van der Waals surface area contributed by atoms with Gasteiger partial charge in [-0.2, -0.15) is 0 Å². The van der Waals surface area contributed by atoms with E-state index in [-0.39, 0.29) is 12.5 Å². The van der Waals surface area contributed by atoms with Crippen LogP contribution in [-0.2, 0) is 5.60 Å². The first-order chi connectivity index (χ1) is 11.1. The van der Waals surface area contributed by atoms with Gasteiger partial charge in [0.25, 0.3) is 5.91 Å². The van der Waals surface area contributed by atoms with Gasteiger partial charge in [-0.25, -0.2) is 9.97 Å². The third-order valence-corrected chi connectivity index (χ3v) is 3.42. The molecular weight excluding hydrogens is 296 g/mol. The van der Waals surface area contributed by atoms with Gasteiger partial charge in [0.2, 0.25) is 0 Å². The van der Waals surface area contributed by atoms with Crippen LogP contribution in [0.3, 0.4) is 0 Å². The summed E-state index contributed by atoms with van der Waals surface area (Å²) in [5.41, 5.74) is -0.868. The van der Waals surface area contributed by atoms with Crippen LogP contribution in [0.25, 0.3) is 5.82 Å². The molecule has 23 heavy (non-hydrogen) atoms. The minimum atomic E-state index is -1.27. The van der Waals surface area contributed by atoms with Crippen molar-refractivity contribution in [1.29, 1.82) is 0 Å². The van der Waals surface area contributed by atoms with Gasteiger partial charge in [0.05, 0.1) is 18.4 Å². The molecule has 7 nitrogen and oxygen atoms in total. The lowest BCUT2D eigenvalue weighted by molar-refractivity contribution is 0.0330. The molecule has 0 saturated heterocycles. The molecule has 0 aliphatic rings. The summed E-state index contributed by atoms with van der Waals surface area (Å²) >= 11 is 0. The molecular formula is C16H16N4O3. The first-order valence-electron chi connectivity index (χ1n) is 7.05. The molecule has 0 fully saturated rings. The molecule has 118 valence electrons. The molecule has 1 amide bonds. The summed E-state index contributed by atoms with van der Waals surface area (Å²) in [6.45, 7) is 1.61. The molecule has 0 saturated carbocycles. The monoisotopic (exact) mass is 312 g/mol. The second kappa shape index (κ2) is 6.05. The third-order valence-electron chi connectivity index (χ3n) is 3.42. The topological polar surface area (TPSA) is 93.2 Å². The maximum atomic E-state index is 12.1. The number of carbonyl (C=O) groups excluding carboxylic acids is 1. The highest BCUT2D eigenvalue weighted by atomic mass is 16.4. The van der Waals surface area contributed by atoms with E-state index in [4.69, 9.17) is 4.42 Å². The van der Waals surface area contributed by atoms with E-state index in [1.54, 1.807) is 54.5 Å². The number of amides is 1. The zero-order valence-corrected chi connectivity index (χ0v) is 12.5. The summed E-state index contributed by atoms with van der Waals surface area (Å²) in [7, 11) is 0. The van der Waals surface area contributed by atoms with Crippen molar-refractivity contribution < 1.29 is 14.3 Å². The second-order valence-electron chi connectivity index (χ2n) is 5.31. The van der Waals surface area contributed by atoms with Crippen LogP contribution >= 0.6 is 0 Å². The number of rotatable bonds is 5. The Hall–Kier alpha value is -2.93. The average molecular weight is 312 g/mol. The number of hydrogen-bond donors (Lipinski definition) is 2. The summed E-state index contributed by atoms with van der Waals surface area (Å²) in [6.07, 6.45) is 8.00. The van der Waals surface area contributed by atoms with E-state index in [2.05, 4.69) is 15.3 Å². The summed E-state index contributed by atoms with van der Waals surface area (Å²) in [5, 5.41) is 13.0. The first kappa shape index (κ1) is 15.0. The Kier molecular flexibility index (Phi) is 3.94. The van der Waals surface area contributed by atoms with Gasteiger partial charge in [0.1, 0.15) is 23.5 Å². The van der Waals surface area contributed by atoms with Crippen molar-refractivity contribution in [2.75, 3.05) is 6.54 Å². The molecule has 0 aromatic carbocycles. The maximum absolute atomic E-state index is 12.1. The Morgan fingerprint density at radius 1 is 1.43 bits per heavy atom. The van der Waals surface area contributed by atoms with Crippen LogP contribution in [0.15, 0.2) is 59.9 Å². The van der Waals surface area contributed by atoms with Crippen LogP contribution in [0.4, 0.5) is 0 Å². The fourth-order valence-electron chi connectivity index (χ4n) is 2.09.